The van der Waals surface area contributed by atoms with Gasteiger partial charge in [0.1, 0.15) is 23.4 Å². The molecule has 1 amide bonds. The van der Waals surface area contributed by atoms with Crippen LogP contribution in [-0.4, -0.2) is 32.8 Å². The van der Waals surface area contributed by atoms with Crippen LogP contribution < -0.4 is 5.32 Å². The number of amides is 1. The maximum absolute atomic E-state index is 13.8. The molecule has 1 aromatic heterocycles. The molecule has 2 N–H and O–H groups in total. The van der Waals surface area contributed by atoms with Gasteiger partial charge < -0.3 is 10.4 Å². The standard InChI is InChI=1S/C20H17F2N3O3/c1-25-16(8-9-23-25)19(26)24-18(20(27)28)17(12-4-2-6-14(21)10-12)13-5-3-7-15(22)11-13/h2-11,17-18H,1H3,(H,24,26)(H,27,28). The van der Waals surface area contributed by atoms with Gasteiger partial charge in [-0.15, -0.1) is 0 Å². The Morgan fingerprint density at radius 1 is 1.04 bits per heavy atom. The van der Waals surface area contributed by atoms with E-state index in [1.807, 2.05) is 0 Å². The number of halogens is 2. The molecule has 8 heteroatoms. The molecule has 0 aliphatic rings. The molecule has 0 saturated carbocycles. The third-order valence-electron chi connectivity index (χ3n) is 4.36. The van der Waals surface area contributed by atoms with E-state index in [2.05, 4.69) is 10.4 Å². The summed E-state index contributed by atoms with van der Waals surface area (Å²) >= 11 is 0. The molecule has 0 aliphatic heterocycles. The minimum atomic E-state index is -1.47. The van der Waals surface area contributed by atoms with Crippen molar-refractivity contribution in [1.29, 1.82) is 0 Å². The monoisotopic (exact) mass is 385 g/mol. The van der Waals surface area contributed by atoms with Crippen LogP contribution in [0.3, 0.4) is 0 Å². The average molecular weight is 385 g/mol. The van der Waals surface area contributed by atoms with E-state index in [1.54, 1.807) is 7.05 Å². The zero-order valence-electron chi connectivity index (χ0n) is 14.8. The summed E-state index contributed by atoms with van der Waals surface area (Å²) in [5, 5.41) is 16.1. The van der Waals surface area contributed by atoms with Crippen molar-refractivity contribution < 1.29 is 23.5 Å². The molecule has 0 spiro atoms. The molecule has 6 nitrogen and oxygen atoms in total. The van der Waals surface area contributed by atoms with E-state index in [4.69, 9.17) is 0 Å². The van der Waals surface area contributed by atoms with Crippen molar-refractivity contribution in [1.82, 2.24) is 15.1 Å². The zero-order chi connectivity index (χ0) is 20.3. The van der Waals surface area contributed by atoms with Gasteiger partial charge in [-0.2, -0.15) is 5.10 Å². The summed E-state index contributed by atoms with van der Waals surface area (Å²) in [6.07, 6.45) is 1.40. The first-order valence-corrected chi connectivity index (χ1v) is 8.39. The summed E-state index contributed by atoms with van der Waals surface area (Å²) in [4.78, 5) is 24.6. The first-order chi connectivity index (χ1) is 13.4. The van der Waals surface area contributed by atoms with Gasteiger partial charge in [-0.05, 0) is 41.5 Å². The van der Waals surface area contributed by atoms with Gasteiger partial charge in [0, 0.05) is 19.2 Å². The molecule has 0 saturated heterocycles. The highest BCUT2D eigenvalue weighted by Gasteiger charge is 2.33. The maximum Gasteiger partial charge on any atom is 0.327 e. The Morgan fingerprint density at radius 2 is 1.61 bits per heavy atom. The van der Waals surface area contributed by atoms with Crippen LogP contribution in [0.4, 0.5) is 8.78 Å². The number of aliphatic carboxylic acids is 1. The normalized spacial score (nSPS) is 12.0. The fourth-order valence-electron chi connectivity index (χ4n) is 3.08. The average Bonchev–Trinajstić information content (AvgIpc) is 3.07. The lowest BCUT2D eigenvalue weighted by Gasteiger charge is -2.26. The SMILES string of the molecule is Cn1nccc1C(=O)NC(C(=O)O)C(c1cccc(F)c1)c1cccc(F)c1. The number of aromatic nitrogens is 2. The molecular formula is C20H17F2N3O3. The Hall–Kier alpha value is -3.55. The fraction of sp³-hybridized carbons (Fsp3) is 0.150. The highest BCUT2D eigenvalue weighted by molar-refractivity contribution is 5.95. The summed E-state index contributed by atoms with van der Waals surface area (Å²) in [6.45, 7) is 0. The van der Waals surface area contributed by atoms with Crippen LogP contribution in [0.5, 0.6) is 0 Å². The maximum atomic E-state index is 13.8. The predicted molar refractivity (Wildman–Crippen MR) is 96.7 cm³/mol. The second-order valence-corrected chi connectivity index (χ2v) is 6.22. The first kappa shape index (κ1) is 19.2. The highest BCUT2D eigenvalue weighted by atomic mass is 19.1. The van der Waals surface area contributed by atoms with Crippen LogP contribution in [0, 0.1) is 11.6 Å². The molecule has 1 unspecified atom stereocenters. The van der Waals surface area contributed by atoms with Crippen LogP contribution in [0.1, 0.15) is 27.5 Å². The number of hydrogen-bond donors (Lipinski definition) is 2. The van der Waals surface area contributed by atoms with Crippen molar-refractivity contribution in [2.45, 2.75) is 12.0 Å². The van der Waals surface area contributed by atoms with Gasteiger partial charge in [0.15, 0.2) is 0 Å². The molecule has 2 aromatic carbocycles. The summed E-state index contributed by atoms with van der Waals surface area (Å²) in [7, 11) is 1.54. The molecule has 0 bridgehead atoms. The number of benzene rings is 2. The summed E-state index contributed by atoms with van der Waals surface area (Å²) < 4.78 is 28.9. The Labute approximate surface area is 159 Å². The number of aryl methyl sites for hydroxylation is 1. The largest absolute Gasteiger partial charge is 0.480 e. The lowest BCUT2D eigenvalue weighted by molar-refractivity contribution is -0.139. The van der Waals surface area contributed by atoms with Gasteiger partial charge in [0.2, 0.25) is 0 Å². The Kier molecular flexibility index (Phi) is 5.49. The van der Waals surface area contributed by atoms with E-state index in [9.17, 15) is 23.5 Å². The molecule has 28 heavy (non-hydrogen) atoms. The van der Waals surface area contributed by atoms with Gasteiger partial charge >= 0.3 is 5.97 Å². The lowest BCUT2D eigenvalue weighted by Crippen LogP contribution is -2.45. The number of carbonyl (C=O) groups is 2. The van der Waals surface area contributed by atoms with E-state index in [0.717, 1.165) is 0 Å². The molecular weight excluding hydrogens is 368 g/mol. The number of nitrogens with zero attached hydrogens (tertiary/aromatic N) is 2. The number of nitrogens with one attached hydrogen (secondary N) is 1. The third-order valence-corrected chi connectivity index (χ3v) is 4.36. The van der Waals surface area contributed by atoms with Crippen molar-refractivity contribution in [3.05, 3.63) is 89.2 Å². The van der Waals surface area contributed by atoms with Crippen LogP contribution in [0.2, 0.25) is 0 Å². The Bertz CT molecular complexity index is 974. The van der Waals surface area contributed by atoms with E-state index < -0.39 is 35.5 Å². The van der Waals surface area contributed by atoms with Crippen LogP contribution in [0.15, 0.2) is 60.8 Å². The van der Waals surface area contributed by atoms with Crippen molar-refractivity contribution in [2.75, 3.05) is 0 Å². The van der Waals surface area contributed by atoms with Gasteiger partial charge in [0.25, 0.3) is 5.91 Å². The smallest absolute Gasteiger partial charge is 0.327 e. The van der Waals surface area contributed by atoms with Gasteiger partial charge in [-0.1, -0.05) is 24.3 Å². The number of carboxylic acid groups (broad SMARTS) is 1. The summed E-state index contributed by atoms with van der Waals surface area (Å²) in [6, 6.07) is 10.7. The van der Waals surface area contributed by atoms with E-state index in [1.165, 1.54) is 65.5 Å². The van der Waals surface area contributed by atoms with Crippen molar-refractivity contribution >= 4 is 11.9 Å². The lowest BCUT2D eigenvalue weighted by atomic mass is 9.84. The first-order valence-electron chi connectivity index (χ1n) is 8.39. The molecule has 1 heterocycles. The van der Waals surface area contributed by atoms with E-state index >= 15 is 0 Å². The predicted octanol–water partition coefficient (Wildman–Crippen LogP) is 2.71. The van der Waals surface area contributed by atoms with E-state index in [0.29, 0.717) is 11.1 Å². The van der Waals surface area contributed by atoms with Crippen molar-refractivity contribution in [3.63, 3.8) is 0 Å². The Balaban J connectivity index is 2.06. The molecule has 0 radical (unpaired) electrons. The second-order valence-electron chi connectivity index (χ2n) is 6.22. The highest BCUT2D eigenvalue weighted by Crippen LogP contribution is 2.29. The van der Waals surface area contributed by atoms with E-state index in [-0.39, 0.29) is 5.69 Å². The van der Waals surface area contributed by atoms with Gasteiger partial charge in [-0.25, -0.2) is 13.6 Å². The van der Waals surface area contributed by atoms with Crippen molar-refractivity contribution in [3.8, 4) is 0 Å². The van der Waals surface area contributed by atoms with Crippen LogP contribution in [0.25, 0.3) is 0 Å². The number of carbonyl (C=O) groups excluding carboxylic acids is 1. The summed E-state index contributed by atoms with van der Waals surface area (Å²) in [5.74, 6) is -4.15. The zero-order valence-corrected chi connectivity index (χ0v) is 14.8. The van der Waals surface area contributed by atoms with Crippen LogP contribution in [-0.2, 0) is 11.8 Å². The van der Waals surface area contributed by atoms with Gasteiger partial charge in [-0.3, -0.25) is 9.48 Å². The minimum Gasteiger partial charge on any atom is -0.480 e. The second kappa shape index (κ2) is 7.99. The molecule has 144 valence electrons. The van der Waals surface area contributed by atoms with Crippen molar-refractivity contribution in [2.24, 2.45) is 7.05 Å². The quantitative estimate of drug-likeness (QED) is 0.683. The molecule has 0 fully saturated rings. The summed E-state index contributed by atoms with van der Waals surface area (Å²) in [5.41, 5.74) is 0.745. The molecule has 3 rings (SSSR count). The third kappa shape index (κ3) is 4.06. The molecule has 0 aliphatic carbocycles. The van der Waals surface area contributed by atoms with Gasteiger partial charge in [0.05, 0.1) is 0 Å². The van der Waals surface area contributed by atoms with Crippen LogP contribution >= 0.6 is 0 Å². The minimum absolute atomic E-state index is 0.156. The number of rotatable bonds is 6. The topological polar surface area (TPSA) is 84.2 Å². The molecule has 3 aromatic rings. The number of carboxylic acids is 1. The number of hydrogen-bond acceptors (Lipinski definition) is 3. The fourth-order valence-corrected chi connectivity index (χ4v) is 3.08. The molecule has 1 atom stereocenters. The Morgan fingerprint density at radius 3 is 2.04 bits per heavy atom.